The van der Waals surface area contributed by atoms with Crippen molar-refractivity contribution in [2.24, 2.45) is 5.41 Å². The van der Waals surface area contributed by atoms with Crippen LogP contribution in [0.4, 0.5) is 35.8 Å². The Morgan fingerprint density at radius 3 is 2.26 bits per heavy atom. The van der Waals surface area contributed by atoms with Crippen LogP contribution in [0.3, 0.4) is 0 Å². The van der Waals surface area contributed by atoms with Crippen LogP contribution in [-0.2, 0) is 19.9 Å². The van der Waals surface area contributed by atoms with E-state index < -0.39 is 47.9 Å². The Kier molecular flexibility index (Phi) is 8.35. The number of rotatable bonds is 9. The monoisotopic (exact) mass is 794 g/mol. The number of hydrogen-bond donors (Lipinski definition) is 2. The number of halogens is 3. The number of thiazole rings is 1. The van der Waals surface area contributed by atoms with Crippen molar-refractivity contribution < 1.29 is 30.0 Å². The Morgan fingerprint density at radius 1 is 0.852 bits per heavy atom. The molecule has 2 N–H and O–H groups in total. The maximum atomic E-state index is 16.6. The molecule has 4 aliphatic rings. The smallest absolute Gasteiger partial charge is 0.267 e. The van der Waals surface area contributed by atoms with Gasteiger partial charge in [0.05, 0.1) is 33.5 Å². The van der Waals surface area contributed by atoms with Gasteiger partial charge in [-0.1, -0.05) is 29.5 Å². The van der Waals surface area contributed by atoms with Crippen molar-refractivity contribution in [3.05, 3.63) is 90.5 Å². The van der Waals surface area contributed by atoms with E-state index in [1.54, 1.807) is 18.5 Å². The molecule has 1 aliphatic carbocycles. The van der Waals surface area contributed by atoms with E-state index in [2.05, 4.69) is 25.1 Å². The summed E-state index contributed by atoms with van der Waals surface area (Å²) >= 11 is 1.34. The molecule has 3 aromatic heterocycles. The summed E-state index contributed by atoms with van der Waals surface area (Å²) in [6.07, 6.45) is 6.56. The van der Waals surface area contributed by atoms with Gasteiger partial charge >= 0.3 is 0 Å². The standard InChI is InChI=1S/C36H33F3N8O4S3/c37-25-6-4-7-26(38)33(25)54(50,51)45-27-8-3-5-24(30(27)39)31-32(28-12-14-41-34(43-28)42-21-15-36(16-21)19-53(48,49)20-36)52-35(44-31)47-22-10-11-23(47)18-46(17-22)29-9-1-2-13-40-29/h1-9,12-14,21-23,45H,10-11,15-20H2,(H,41,42,43). The zero-order valence-electron chi connectivity index (χ0n) is 28.5. The molecule has 6 heterocycles. The Labute approximate surface area is 313 Å². The van der Waals surface area contributed by atoms with Crippen LogP contribution in [0.1, 0.15) is 25.7 Å². The molecule has 2 bridgehead atoms. The summed E-state index contributed by atoms with van der Waals surface area (Å²) < 4.78 is 97.6. The van der Waals surface area contributed by atoms with Crippen molar-refractivity contribution in [1.82, 2.24) is 19.9 Å². The quantitative estimate of drug-likeness (QED) is 0.189. The Bertz CT molecular complexity index is 2450. The first kappa shape index (κ1) is 34.9. The second kappa shape index (κ2) is 12.9. The molecule has 18 heteroatoms. The van der Waals surface area contributed by atoms with Gasteiger partial charge in [-0.15, -0.1) is 0 Å². The first-order chi connectivity index (χ1) is 25.9. The molecule has 280 valence electrons. The predicted octanol–water partition coefficient (Wildman–Crippen LogP) is 5.73. The Hall–Kier alpha value is -4.81. The summed E-state index contributed by atoms with van der Waals surface area (Å²) in [4.78, 5) is 22.6. The van der Waals surface area contributed by atoms with Crippen LogP contribution >= 0.6 is 11.3 Å². The minimum absolute atomic E-state index is 0.000274. The summed E-state index contributed by atoms with van der Waals surface area (Å²) in [7, 11) is -7.83. The molecular weight excluding hydrogens is 762 g/mol. The van der Waals surface area contributed by atoms with Gasteiger partial charge in [-0.05, 0) is 68.1 Å². The second-order valence-corrected chi connectivity index (χ2v) is 19.1. The number of nitrogens with zero attached hydrogens (tertiary/aromatic N) is 6. The van der Waals surface area contributed by atoms with E-state index in [0.29, 0.717) is 47.6 Å². The lowest BCUT2D eigenvalue weighted by Crippen LogP contribution is -2.60. The van der Waals surface area contributed by atoms with Gasteiger partial charge in [0.1, 0.15) is 17.5 Å². The zero-order valence-corrected chi connectivity index (χ0v) is 30.9. The number of fused-ring (bicyclic) bond motifs is 2. The van der Waals surface area contributed by atoms with Gasteiger partial charge in [0, 0.05) is 54.6 Å². The van der Waals surface area contributed by atoms with Crippen LogP contribution in [0, 0.1) is 22.9 Å². The van der Waals surface area contributed by atoms with Crippen molar-refractivity contribution in [1.29, 1.82) is 0 Å². The van der Waals surface area contributed by atoms with Gasteiger partial charge in [0.15, 0.2) is 25.7 Å². The molecule has 0 amide bonds. The van der Waals surface area contributed by atoms with E-state index in [1.807, 2.05) is 22.9 Å². The minimum atomic E-state index is -4.87. The highest BCUT2D eigenvalue weighted by atomic mass is 32.2. The molecule has 1 saturated carbocycles. The molecule has 2 aromatic carbocycles. The minimum Gasteiger partial charge on any atom is -0.352 e. The molecule has 4 fully saturated rings. The number of hydrogen-bond acceptors (Lipinski definition) is 12. The molecule has 3 aliphatic heterocycles. The number of sulfonamides is 1. The summed E-state index contributed by atoms with van der Waals surface area (Å²) in [5.41, 5.74) is -0.0763. The van der Waals surface area contributed by atoms with Gasteiger partial charge in [-0.2, -0.15) is 0 Å². The highest BCUT2D eigenvalue weighted by Crippen LogP contribution is 2.51. The average Bonchev–Trinajstić information content (AvgIpc) is 3.65. The van der Waals surface area contributed by atoms with Gasteiger partial charge in [-0.25, -0.2) is 49.9 Å². The van der Waals surface area contributed by atoms with Crippen molar-refractivity contribution in [2.75, 3.05) is 44.4 Å². The summed E-state index contributed by atoms with van der Waals surface area (Å²) in [6, 6.07) is 14.4. The number of aromatic nitrogens is 4. The fraction of sp³-hybridized carbons (Fsp3) is 0.333. The maximum absolute atomic E-state index is 16.6. The number of pyridine rings is 1. The number of anilines is 4. The Morgan fingerprint density at radius 2 is 1.57 bits per heavy atom. The van der Waals surface area contributed by atoms with Crippen LogP contribution in [0.2, 0.25) is 0 Å². The second-order valence-electron chi connectivity index (χ2n) is 14.4. The third kappa shape index (κ3) is 6.22. The van der Waals surface area contributed by atoms with Crippen molar-refractivity contribution in [2.45, 2.75) is 48.7 Å². The average molecular weight is 795 g/mol. The fourth-order valence-electron chi connectivity index (χ4n) is 8.40. The van der Waals surface area contributed by atoms with Gasteiger partial charge in [0.2, 0.25) is 5.95 Å². The molecule has 9 rings (SSSR count). The lowest BCUT2D eigenvalue weighted by atomic mass is 9.67. The van der Waals surface area contributed by atoms with Gasteiger partial charge in [0.25, 0.3) is 10.0 Å². The van der Waals surface area contributed by atoms with E-state index in [1.165, 1.54) is 29.5 Å². The van der Waals surface area contributed by atoms with E-state index in [9.17, 15) is 25.6 Å². The van der Waals surface area contributed by atoms with Crippen LogP contribution in [0.15, 0.2) is 78.0 Å². The molecule has 5 aromatic rings. The maximum Gasteiger partial charge on any atom is 0.267 e. The third-order valence-electron chi connectivity index (χ3n) is 10.6. The number of nitrogens with one attached hydrogen (secondary N) is 2. The number of sulfone groups is 1. The molecule has 2 unspecified atom stereocenters. The highest BCUT2D eigenvalue weighted by Gasteiger charge is 2.56. The summed E-state index contributed by atoms with van der Waals surface area (Å²) in [5, 5.41) is 3.96. The predicted molar refractivity (Wildman–Crippen MR) is 199 cm³/mol. The Balaban J connectivity index is 1.07. The molecular formula is C36H33F3N8O4S3. The van der Waals surface area contributed by atoms with E-state index in [0.717, 1.165) is 36.9 Å². The van der Waals surface area contributed by atoms with Gasteiger partial charge < -0.3 is 15.1 Å². The van der Waals surface area contributed by atoms with Crippen LogP contribution in [0.5, 0.6) is 0 Å². The zero-order chi connectivity index (χ0) is 37.4. The van der Waals surface area contributed by atoms with Crippen LogP contribution in [-0.4, -0.2) is 79.5 Å². The van der Waals surface area contributed by atoms with Crippen LogP contribution < -0.4 is 19.8 Å². The van der Waals surface area contributed by atoms with Crippen molar-refractivity contribution >= 4 is 53.8 Å². The fourth-order valence-corrected chi connectivity index (χ4v) is 13.0. The molecule has 3 saturated heterocycles. The van der Waals surface area contributed by atoms with E-state index in [-0.39, 0.29) is 46.3 Å². The third-order valence-corrected chi connectivity index (χ3v) is 15.2. The molecule has 12 nitrogen and oxygen atoms in total. The van der Waals surface area contributed by atoms with Crippen LogP contribution in [0.25, 0.3) is 21.8 Å². The number of piperazine rings is 1. The molecule has 1 spiro atoms. The normalized spacial score (nSPS) is 21.5. The number of benzene rings is 2. The largest absolute Gasteiger partial charge is 0.352 e. The molecule has 54 heavy (non-hydrogen) atoms. The summed E-state index contributed by atoms with van der Waals surface area (Å²) in [6.45, 7) is 1.42. The van der Waals surface area contributed by atoms with E-state index in [4.69, 9.17) is 9.97 Å². The van der Waals surface area contributed by atoms with Crippen molar-refractivity contribution in [3.8, 4) is 21.8 Å². The van der Waals surface area contributed by atoms with Gasteiger partial charge in [-0.3, -0.25) is 4.72 Å². The first-order valence-electron chi connectivity index (χ1n) is 17.4. The lowest BCUT2D eigenvalue weighted by Gasteiger charge is -2.53. The lowest BCUT2D eigenvalue weighted by molar-refractivity contribution is 0.153. The molecule has 2 atom stereocenters. The first-order valence-corrected chi connectivity index (χ1v) is 21.5. The SMILES string of the molecule is O=S1(=O)CC2(CC(Nc3nccc(-c4sc(N5C6CCC5CN(c5ccccn5)C6)nc4-c4cccc(NS(=O)(=O)c5c(F)cccc5F)c4F)n3)C2)C1. The van der Waals surface area contributed by atoms with E-state index >= 15 is 4.39 Å². The molecule has 0 radical (unpaired) electrons. The van der Waals surface area contributed by atoms with Crippen molar-refractivity contribution in [3.63, 3.8) is 0 Å². The highest BCUT2D eigenvalue weighted by molar-refractivity contribution is 7.93. The summed E-state index contributed by atoms with van der Waals surface area (Å²) in [5.74, 6) is -2.00. The topological polar surface area (TPSA) is 150 Å².